The maximum atomic E-state index is 11.6. The Labute approximate surface area is 121 Å². The predicted molar refractivity (Wildman–Crippen MR) is 79.0 cm³/mol. The molecule has 1 aromatic heterocycles. The van der Waals surface area contributed by atoms with Crippen molar-refractivity contribution in [3.05, 3.63) is 17.5 Å². The summed E-state index contributed by atoms with van der Waals surface area (Å²) in [4.78, 5) is 2.05. The number of nitrogens with zero attached hydrogens (tertiary/aromatic N) is 3. The molecule has 116 valence electrons. The molecule has 0 saturated heterocycles. The fraction of sp³-hybridized carbons (Fsp3) is 0.769. The number of hydrogen-bond acceptors (Lipinski definition) is 5. The van der Waals surface area contributed by atoms with Gasteiger partial charge in [0.15, 0.2) is 0 Å². The van der Waals surface area contributed by atoms with Gasteiger partial charge in [-0.3, -0.25) is 0 Å². The Hall–Kier alpha value is -0.920. The van der Waals surface area contributed by atoms with Gasteiger partial charge < -0.3 is 9.42 Å². The van der Waals surface area contributed by atoms with E-state index in [0.29, 0.717) is 25.4 Å². The van der Waals surface area contributed by atoms with E-state index >= 15 is 0 Å². The second-order valence-corrected chi connectivity index (χ2v) is 7.87. The molecule has 0 aliphatic carbocycles. The fourth-order valence-corrected chi connectivity index (χ4v) is 2.59. The first-order valence-electron chi connectivity index (χ1n) is 6.76. The Kier molecular flexibility index (Phi) is 6.16. The second-order valence-electron chi connectivity index (χ2n) is 5.57. The molecule has 1 heterocycles. The maximum Gasteiger partial charge on any atom is 0.213 e. The second kappa shape index (κ2) is 7.19. The first kappa shape index (κ1) is 17.1. The summed E-state index contributed by atoms with van der Waals surface area (Å²) < 4.78 is 29.8. The zero-order chi connectivity index (χ0) is 15.3. The van der Waals surface area contributed by atoms with Crippen LogP contribution in [0, 0.1) is 0 Å². The van der Waals surface area contributed by atoms with Gasteiger partial charge in [0.05, 0.1) is 11.4 Å². The summed E-state index contributed by atoms with van der Waals surface area (Å²) in [5.74, 6) is 1.37. The Morgan fingerprint density at radius 2 is 1.95 bits per heavy atom. The minimum absolute atomic E-state index is 0.167. The molecule has 1 rings (SSSR count). The van der Waals surface area contributed by atoms with Crippen molar-refractivity contribution < 1.29 is 12.9 Å². The highest BCUT2D eigenvalue weighted by Crippen LogP contribution is 2.15. The minimum Gasteiger partial charge on any atom is -0.361 e. The molecule has 0 aliphatic heterocycles. The van der Waals surface area contributed by atoms with Crippen LogP contribution in [-0.4, -0.2) is 56.2 Å². The molecule has 7 heteroatoms. The number of sulfonamides is 1. The molecule has 0 aliphatic rings. The van der Waals surface area contributed by atoms with Gasteiger partial charge in [-0.15, -0.1) is 0 Å². The summed E-state index contributed by atoms with van der Waals surface area (Å²) >= 11 is 0. The molecule has 0 aromatic carbocycles. The summed E-state index contributed by atoms with van der Waals surface area (Å²) in [6.45, 7) is 5.48. The van der Waals surface area contributed by atoms with E-state index in [1.807, 2.05) is 18.0 Å². The van der Waals surface area contributed by atoms with Gasteiger partial charge in [-0.25, -0.2) is 12.7 Å². The van der Waals surface area contributed by atoms with Crippen LogP contribution in [0.3, 0.4) is 0 Å². The third kappa shape index (κ3) is 5.22. The standard InChI is InChI=1S/C13H25N3O3S/c1-11(2)13-9-12(14-19-13)10-16(5)7-6-8-20(17,18)15(3)4/h9,11H,6-8,10H2,1-5H3. The van der Waals surface area contributed by atoms with Gasteiger partial charge in [0.1, 0.15) is 5.76 Å². The van der Waals surface area contributed by atoms with Crippen LogP contribution in [-0.2, 0) is 16.6 Å². The van der Waals surface area contributed by atoms with E-state index in [4.69, 9.17) is 4.52 Å². The molecule has 0 spiro atoms. The van der Waals surface area contributed by atoms with Gasteiger partial charge in [0.25, 0.3) is 0 Å². The summed E-state index contributed by atoms with van der Waals surface area (Å²) in [6.07, 6.45) is 0.603. The van der Waals surface area contributed by atoms with Crippen LogP contribution in [0.2, 0.25) is 0 Å². The first-order chi connectivity index (χ1) is 9.22. The largest absolute Gasteiger partial charge is 0.361 e. The quantitative estimate of drug-likeness (QED) is 0.728. The molecule has 0 saturated carbocycles. The Balaban J connectivity index is 2.38. The van der Waals surface area contributed by atoms with Crippen molar-refractivity contribution in [2.75, 3.05) is 33.4 Å². The van der Waals surface area contributed by atoms with E-state index in [2.05, 4.69) is 19.0 Å². The lowest BCUT2D eigenvalue weighted by atomic mass is 10.1. The highest BCUT2D eigenvalue weighted by atomic mass is 32.2. The van der Waals surface area contributed by atoms with Crippen LogP contribution < -0.4 is 0 Å². The van der Waals surface area contributed by atoms with Gasteiger partial charge in [0.2, 0.25) is 10.0 Å². The van der Waals surface area contributed by atoms with E-state index in [1.165, 1.54) is 4.31 Å². The number of rotatable bonds is 8. The number of hydrogen-bond donors (Lipinski definition) is 0. The lowest BCUT2D eigenvalue weighted by Crippen LogP contribution is -2.28. The lowest BCUT2D eigenvalue weighted by molar-refractivity contribution is 0.306. The minimum atomic E-state index is -3.10. The predicted octanol–water partition coefficient (Wildman–Crippen LogP) is 1.51. The average molecular weight is 303 g/mol. The summed E-state index contributed by atoms with van der Waals surface area (Å²) in [6, 6.07) is 1.96. The van der Waals surface area contributed by atoms with Crippen molar-refractivity contribution in [3.63, 3.8) is 0 Å². The molecular formula is C13H25N3O3S. The van der Waals surface area contributed by atoms with Crippen LogP contribution in [0.1, 0.15) is 37.6 Å². The maximum absolute atomic E-state index is 11.6. The zero-order valence-corrected chi connectivity index (χ0v) is 13.8. The first-order valence-corrected chi connectivity index (χ1v) is 8.37. The molecule has 0 unspecified atom stereocenters. The molecule has 0 N–H and O–H groups in total. The van der Waals surface area contributed by atoms with Crippen LogP contribution >= 0.6 is 0 Å². The van der Waals surface area contributed by atoms with Crippen molar-refractivity contribution >= 4 is 10.0 Å². The molecular weight excluding hydrogens is 278 g/mol. The van der Waals surface area contributed by atoms with Crippen molar-refractivity contribution in [3.8, 4) is 0 Å². The van der Waals surface area contributed by atoms with E-state index in [9.17, 15) is 8.42 Å². The molecule has 0 radical (unpaired) electrons. The van der Waals surface area contributed by atoms with Crippen LogP contribution in [0.15, 0.2) is 10.6 Å². The van der Waals surface area contributed by atoms with Gasteiger partial charge in [-0.05, 0) is 20.0 Å². The lowest BCUT2D eigenvalue weighted by Gasteiger charge is -2.16. The SMILES string of the molecule is CC(C)c1cc(CN(C)CCCS(=O)(=O)N(C)C)no1. The Bertz CT molecular complexity index is 509. The van der Waals surface area contributed by atoms with Gasteiger partial charge >= 0.3 is 0 Å². The summed E-state index contributed by atoms with van der Waals surface area (Å²) in [7, 11) is 1.96. The van der Waals surface area contributed by atoms with Gasteiger partial charge in [0, 0.05) is 32.6 Å². The average Bonchev–Trinajstić information content (AvgIpc) is 2.77. The smallest absolute Gasteiger partial charge is 0.213 e. The molecule has 0 bridgehead atoms. The van der Waals surface area contributed by atoms with Crippen molar-refractivity contribution in [2.45, 2.75) is 32.7 Å². The summed E-state index contributed by atoms with van der Waals surface area (Å²) in [5, 5.41) is 4.02. The van der Waals surface area contributed by atoms with E-state index in [0.717, 1.165) is 11.5 Å². The highest BCUT2D eigenvalue weighted by Gasteiger charge is 2.14. The number of aromatic nitrogens is 1. The van der Waals surface area contributed by atoms with E-state index in [1.54, 1.807) is 14.1 Å². The van der Waals surface area contributed by atoms with Gasteiger partial charge in [-0.1, -0.05) is 19.0 Å². The summed E-state index contributed by atoms with van der Waals surface area (Å²) in [5.41, 5.74) is 0.881. The molecule has 0 atom stereocenters. The Morgan fingerprint density at radius 3 is 2.45 bits per heavy atom. The molecule has 1 aromatic rings. The zero-order valence-electron chi connectivity index (χ0n) is 13.0. The molecule has 0 fully saturated rings. The van der Waals surface area contributed by atoms with Gasteiger partial charge in [-0.2, -0.15) is 0 Å². The topological polar surface area (TPSA) is 66.7 Å². The fourth-order valence-electron chi connectivity index (χ4n) is 1.73. The van der Waals surface area contributed by atoms with E-state index < -0.39 is 10.0 Å². The van der Waals surface area contributed by atoms with Crippen molar-refractivity contribution in [1.82, 2.24) is 14.4 Å². The van der Waals surface area contributed by atoms with Crippen molar-refractivity contribution in [2.24, 2.45) is 0 Å². The monoisotopic (exact) mass is 303 g/mol. The normalized spacial score (nSPS) is 12.8. The third-order valence-electron chi connectivity index (χ3n) is 3.08. The van der Waals surface area contributed by atoms with Crippen LogP contribution in [0.4, 0.5) is 0 Å². The van der Waals surface area contributed by atoms with Crippen molar-refractivity contribution in [1.29, 1.82) is 0 Å². The molecule has 6 nitrogen and oxygen atoms in total. The Morgan fingerprint density at radius 1 is 1.30 bits per heavy atom. The van der Waals surface area contributed by atoms with Crippen LogP contribution in [0.25, 0.3) is 0 Å². The molecule has 0 amide bonds. The van der Waals surface area contributed by atoms with E-state index in [-0.39, 0.29) is 5.75 Å². The molecule has 20 heavy (non-hydrogen) atoms. The highest BCUT2D eigenvalue weighted by molar-refractivity contribution is 7.89. The van der Waals surface area contributed by atoms with Crippen LogP contribution in [0.5, 0.6) is 0 Å². The third-order valence-corrected chi connectivity index (χ3v) is 4.99.